The Morgan fingerprint density at radius 3 is 2.57 bits per heavy atom. The number of rotatable bonds is 5. The van der Waals surface area contributed by atoms with Crippen LogP contribution in [0, 0.1) is 0 Å². The molecule has 0 aliphatic rings. The van der Waals surface area contributed by atoms with Crippen molar-refractivity contribution >= 4 is 27.9 Å². The van der Waals surface area contributed by atoms with E-state index in [1.807, 2.05) is 48.7 Å². The lowest BCUT2D eigenvalue weighted by Crippen LogP contribution is -2.11. The smallest absolute Gasteiger partial charge is 0.299 e. The van der Waals surface area contributed by atoms with Gasteiger partial charge in [-0.15, -0.1) is 5.10 Å². The van der Waals surface area contributed by atoms with Crippen molar-refractivity contribution in [1.82, 2.24) is 19.6 Å². The number of imidazole rings is 1. The molecular weight excluding hydrogens is 398 g/mol. The Kier molecular flexibility index (Phi) is 4.66. The highest BCUT2D eigenvalue weighted by molar-refractivity contribution is 7.18. The van der Waals surface area contributed by atoms with Gasteiger partial charge in [-0.05, 0) is 59.9 Å². The van der Waals surface area contributed by atoms with E-state index in [4.69, 9.17) is 4.74 Å². The minimum absolute atomic E-state index is 0.177. The third-order valence-electron chi connectivity index (χ3n) is 4.34. The van der Waals surface area contributed by atoms with Gasteiger partial charge >= 0.3 is 0 Å². The molecule has 0 saturated carbocycles. The van der Waals surface area contributed by atoms with Crippen LogP contribution in [0.3, 0.4) is 0 Å². The van der Waals surface area contributed by atoms with Crippen LogP contribution < -0.4 is 10.1 Å². The second-order valence-corrected chi connectivity index (χ2v) is 7.33. The van der Waals surface area contributed by atoms with Gasteiger partial charge in [-0.3, -0.25) is 9.78 Å². The molecule has 2 aromatic carbocycles. The molecule has 1 N–H and O–H groups in total. The molecule has 0 aliphatic heterocycles. The number of hydrogen-bond donors (Lipinski definition) is 1. The highest BCUT2D eigenvalue weighted by Gasteiger charge is 2.12. The Hall–Kier alpha value is -4.04. The second-order valence-electron chi connectivity index (χ2n) is 6.41. The van der Waals surface area contributed by atoms with Gasteiger partial charge in [0.2, 0.25) is 4.96 Å². The van der Waals surface area contributed by atoms with Crippen LogP contribution in [0.5, 0.6) is 10.9 Å². The van der Waals surface area contributed by atoms with E-state index in [0.29, 0.717) is 16.5 Å². The van der Waals surface area contributed by atoms with E-state index in [2.05, 4.69) is 20.4 Å². The summed E-state index contributed by atoms with van der Waals surface area (Å²) in [5, 5.41) is 7.74. The number of aromatic nitrogens is 4. The van der Waals surface area contributed by atoms with E-state index < -0.39 is 0 Å². The molecule has 146 valence electrons. The van der Waals surface area contributed by atoms with Gasteiger partial charge in [-0.25, -0.2) is 9.50 Å². The molecular formula is C22H15N5O2S. The van der Waals surface area contributed by atoms with Crippen LogP contribution in [0.15, 0.2) is 85.3 Å². The van der Waals surface area contributed by atoms with Gasteiger partial charge in [-0.2, -0.15) is 0 Å². The van der Waals surface area contributed by atoms with Gasteiger partial charge in [-0.1, -0.05) is 18.2 Å². The summed E-state index contributed by atoms with van der Waals surface area (Å²) >= 11 is 1.34. The molecule has 7 nitrogen and oxygen atoms in total. The number of anilines is 1. The molecule has 0 radical (unpaired) electrons. The molecule has 8 heteroatoms. The molecule has 0 atom stereocenters. The number of hydrogen-bond acceptors (Lipinski definition) is 6. The summed E-state index contributed by atoms with van der Waals surface area (Å²) < 4.78 is 7.51. The fraction of sp³-hybridized carbons (Fsp3) is 0. The van der Waals surface area contributed by atoms with Crippen LogP contribution in [0.4, 0.5) is 5.69 Å². The number of fused-ring (bicyclic) bond motifs is 1. The number of benzene rings is 2. The highest BCUT2D eigenvalue weighted by atomic mass is 32.1. The number of carbonyl (C=O) groups is 1. The zero-order valence-corrected chi connectivity index (χ0v) is 16.4. The van der Waals surface area contributed by atoms with Crippen molar-refractivity contribution in [1.29, 1.82) is 0 Å². The number of ether oxygens (including phenoxy) is 1. The van der Waals surface area contributed by atoms with Crippen molar-refractivity contribution in [3.63, 3.8) is 0 Å². The number of para-hydroxylation sites is 1. The van der Waals surface area contributed by atoms with Crippen molar-refractivity contribution in [2.75, 3.05) is 5.32 Å². The third-order valence-corrected chi connectivity index (χ3v) is 5.14. The molecule has 0 bridgehead atoms. The quantitative estimate of drug-likeness (QED) is 0.443. The third kappa shape index (κ3) is 3.76. The van der Waals surface area contributed by atoms with Gasteiger partial charge in [0.05, 0.1) is 11.9 Å². The van der Waals surface area contributed by atoms with Crippen LogP contribution in [0.25, 0.3) is 16.2 Å². The fourth-order valence-electron chi connectivity index (χ4n) is 2.88. The summed E-state index contributed by atoms with van der Waals surface area (Å²) in [6.45, 7) is 0. The molecule has 3 aromatic heterocycles. The van der Waals surface area contributed by atoms with Crippen LogP contribution in [-0.2, 0) is 0 Å². The van der Waals surface area contributed by atoms with E-state index in [1.54, 1.807) is 41.2 Å². The van der Waals surface area contributed by atoms with Gasteiger partial charge in [0.25, 0.3) is 11.1 Å². The highest BCUT2D eigenvalue weighted by Crippen LogP contribution is 2.29. The van der Waals surface area contributed by atoms with Crippen LogP contribution in [0.1, 0.15) is 10.4 Å². The molecule has 30 heavy (non-hydrogen) atoms. The maximum absolute atomic E-state index is 12.3. The monoisotopic (exact) mass is 413 g/mol. The molecule has 0 spiro atoms. The number of nitrogens with zero attached hydrogens (tertiary/aromatic N) is 4. The molecule has 5 rings (SSSR count). The zero-order chi connectivity index (χ0) is 20.3. The van der Waals surface area contributed by atoms with Crippen molar-refractivity contribution in [3.05, 3.63) is 90.9 Å². The summed E-state index contributed by atoms with van der Waals surface area (Å²) in [6, 6.07) is 20.1. The Morgan fingerprint density at radius 2 is 1.83 bits per heavy atom. The van der Waals surface area contributed by atoms with E-state index in [-0.39, 0.29) is 5.91 Å². The lowest BCUT2D eigenvalue weighted by atomic mass is 10.2. The Labute approximate surface area is 175 Å². The molecule has 1 amide bonds. The lowest BCUT2D eigenvalue weighted by molar-refractivity contribution is 0.102. The second kappa shape index (κ2) is 7.76. The molecule has 5 aromatic rings. The predicted octanol–water partition coefficient (Wildman–Crippen LogP) is 4.90. The van der Waals surface area contributed by atoms with E-state index in [9.17, 15) is 4.79 Å². The summed E-state index contributed by atoms with van der Waals surface area (Å²) in [7, 11) is 0. The standard InChI is InChI=1S/C22H15N5O2S/c28-20(24-17-6-2-1-3-7-17)15-8-10-18(11-9-15)29-22-26-27-14-19(25-21(27)30-22)16-5-4-12-23-13-16/h1-14H,(H,24,28). The molecule has 3 heterocycles. The first kappa shape index (κ1) is 18.0. The molecule has 0 aliphatic carbocycles. The molecule has 0 fully saturated rings. The topological polar surface area (TPSA) is 81.4 Å². The molecule has 0 unspecified atom stereocenters. The van der Waals surface area contributed by atoms with Crippen LogP contribution in [0.2, 0.25) is 0 Å². The average molecular weight is 413 g/mol. The SMILES string of the molecule is O=C(Nc1ccccc1)c1ccc(Oc2nn3cc(-c4cccnc4)nc3s2)cc1. The minimum Gasteiger partial charge on any atom is -0.430 e. The Morgan fingerprint density at radius 1 is 1.00 bits per heavy atom. The summed E-state index contributed by atoms with van der Waals surface area (Å²) in [4.78, 5) is 21.7. The number of amides is 1. The van der Waals surface area contributed by atoms with E-state index in [0.717, 1.165) is 21.9 Å². The normalized spacial score (nSPS) is 10.8. The Bertz CT molecular complexity index is 1270. The van der Waals surface area contributed by atoms with Crippen molar-refractivity contribution in [2.45, 2.75) is 0 Å². The first-order valence-corrected chi connectivity index (χ1v) is 9.97. The van der Waals surface area contributed by atoms with Gasteiger partial charge in [0.15, 0.2) is 0 Å². The lowest BCUT2D eigenvalue weighted by Gasteiger charge is -2.06. The van der Waals surface area contributed by atoms with Crippen molar-refractivity contribution in [3.8, 4) is 22.2 Å². The minimum atomic E-state index is -0.177. The van der Waals surface area contributed by atoms with E-state index >= 15 is 0 Å². The van der Waals surface area contributed by atoms with Gasteiger partial charge < -0.3 is 10.1 Å². The number of carbonyl (C=O) groups excluding carboxylic acids is 1. The van der Waals surface area contributed by atoms with E-state index in [1.165, 1.54) is 11.3 Å². The first-order valence-electron chi connectivity index (χ1n) is 9.15. The van der Waals surface area contributed by atoms with Crippen LogP contribution in [-0.4, -0.2) is 25.5 Å². The number of pyridine rings is 1. The summed E-state index contributed by atoms with van der Waals surface area (Å²) in [5.41, 5.74) is 3.03. The summed E-state index contributed by atoms with van der Waals surface area (Å²) in [6.07, 6.45) is 5.33. The van der Waals surface area contributed by atoms with Crippen molar-refractivity contribution < 1.29 is 9.53 Å². The van der Waals surface area contributed by atoms with Gasteiger partial charge in [0.1, 0.15) is 5.75 Å². The number of nitrogens with one attached hydrogen (secondary N) is 1. The average Bonchev–Trinajstić information content (AvgIpc) is 3.34. The fourth-order valence-corrected chi connectivity index (χ4v) is 3.63. The maximum atomic E-state index is 12.3. The Balaban J connectivity index is 1.28. The van der Waals surface area contributed by atoms with Gasteiger partial charge in [0, 0.05) is 29.2 Å². The van der Waals surface area contributed by atoms with Crippen molar-refractivity contribution in [2.24, 2.45) is 0 Å². The molecule has 0 saturated heterocycles. The summed E-state index contributed by atoms with van der Waals surface area (Å²) in [5.74, 6) is 0.416. The first-order chi connectivity index (χ1) is 14.7. The predicted molar refractivity (Wildman–Crippen MR) is 115 cm³/mol. The zero-order valence-electron chi connectivity index (χ0n) is 15.6. The largest absolute Gasteiger partial charge is 0.430 e. The van der Waals surface area contributed by atoms with Crippen LogP contribution >= 0.6 is 11.3 Å². The maximum Gasteiger partial charge on any atom is 0.299 e.